The summed E-state index contributed by atoms with van der Waals surface area (Å²) in [7, 11) is 1.66. The predicted octanol–water partition coefficient (Wildman–Crippen LogP) is 0.577. The lowest BCUT2D eigenvalue weighted by Gasteiger charge is -2.36. The van der Waals surface area contributed by atoms with E-state index in [0.29, 0.717) is 37.1 Å². The fourth-order valence-electron chi connectivity index (χ4n) is 4.92. The van der Waals surface area contributed by atoms with Crippen LogP contribution in [0.5, 0.6) is 5.75 Å². The number of hydrogen-bond acceptors (Lipinski definition) is 5. The lowest BCUT2D eigenvalue weighted by Crippen LogP contribution is -3.00. The summed E-state index contributed by atoms with van der Waals surface area (Å²) in [6.45, 7) is 2.96. The third-order valence-electron chi connectivity index (χ3n) is 6.69. The zero-order valence-corrected chi connectivity index (χ0v) is 20.3. The number of piperazine rings is 1. The SMILES string of the molecule is COc1ccccc1N1CCN(C(=O)CCCN2C(=O)c3cccc4cccc(c34)C2=O)CC1.[Cl-]. The lowest BCUT2D eigenvalue weighted by atomic mass is 9.94. The van der Waals surface area contributed by atoms with Crippen LogP contribution in [0, 0.1) is 0 Å². The average molecular weight is 493 g/mol. The van der Waals surface area contributed by atoms with Crippen LogP contribution in [0.3, 0.4) is 0 Å². The molecule has 0 atom stereocenters. The molecule has 2 aliphatic rings. The van der Waals surface area contributed by atoms with Gasteiger partial charge in [-0.05, 0) is 36.1 Å². The molecule has 1 saturated heterocycles. The van der Waals surface area contributed by atoms with Crippen LogP contribution < -0.4 is 22.0 Å². The van der Waals surface area contributed by atoms with Crippen molar-refractivity contribution in [3.63, 3.8) is 0 Å². The van der Waals surface area contributed by atoms with Crippen molar-refractivity contribution in [3.05, 3.63) is 71.8 Å². The van der Waals surface area contributed by atoms with Crippen molar-refractivity contribution in [2.75, 3.05) is 44.7 Å². The Kier molecular flexibility index (Phi) is 7.26. The van der Waals surface area contributed by atoms with Gasteiger partial charge in [-0.3, -0.25) is 19.3 Å². The fraction of sp³-hybridized carbons (Fsp3) is 0.296. The molecule has 0 bridgehead atoms. The number of imide groups is 1. The van der Waals surface area contributed by atoms with Gasteiger partial charge in [0.05, 0.1) is 12.8 Å². The molecule has 35 heavy (non-hydrogen) atoms. The summed E-state index contributed by atoms with van der Waals surface area (Å²) in [6.07, 6.45) is 0.749. The van der Waals surface area contributed by atoms with Crippen LogP contribution in [0.2, 0.25) is 0 Å². The molecule has 0 radical (unpaired) electrons. The highest BCUT2D eigenvalue weighted by atomic mass is 35.5. The Morgan fingerprint density at radius 2 is 1.49 bits per heavy atom. The van der Waals surface area contributed by atoms with E-state index in [1.54, 1.807) is 19.2 Å². The van der Waals surface area contributed by atoms with Crippen LogP contribution in [0.25, 0.3) is 10.8 Å². The summed E-state index contributed by atoms with van der Waals surface area (Å²) < 4.78 is 5.46. The first kappa shape index (κ1) is 24.5. The van der Waals surface area contributed by atoms with Gasteiger partial charge in [0, 0.05) is 55.7 Å². The van der Waals surface area contributed by atoms with Gasteiger partial charge >= 0.3 is 0 Å². The third-order valence-corrected chi connectivity index (χ3v) is 6.69. The number of rotatable bonds is 6. The van der Waals surface area contributed by atoms with E-state index in [-0.39, 0.29) is 36.7 Å². The number of nitrogens with zero attached hydrogens (tertiary/aromatic N) is 3. The van der Waals surface area contributed by atoms with Crippen molar-refractivity contribution >= 4 is 34.2 Å². The zero-order chi connectivity index (χ0) is 23.7. The van der Waals surface area contributed by atoms with Gasteiger partial charge in [0.15, 0.2) is 0 Å². The Balaban J connectivity index is 0.00000289. The summed E-state index contributed by atoms with van der Waals surface area (Å²) in [4.78, 5) is 44.2. The highest BCUT2D eigenvalue weighted by Gasteiger charge is 2.32. The third kappa shape index (κ3) is 4.56. The molecular formula is C27H27ClN3O4-. The normalized spacial score (nSPS) is 15.3. The van der Waals surface area contributed by atoms with E-state index in [1.807, 2.05) is 53.4 Å². The Bertz CT molecular complexity index is 1220. The van der Waals surface area contributed by atoms with Crippen molar-refractivity contribution in [1.29, 1.82) is 0 Å². The van der Waals surface area contributed by atoms with E-state index >= 15 is 0 Å². The summed E-state index contributed by atoms with van der Waals surface area (Å²) >= 11 is 0. The first-order chi connectivity index (χ1) is 16.6. The van der Waals surface area contributed by atoms with E-state index in [4.69, 9.17) is 4.74 Å². The molecule has 0 N–H and O–H groups in total. The van der Waals surface area contributed by atoms with Gasteiger partial charge in [-0.1, -0.05) is 36.4 Å². The van der Waals surface area contributed by atoms with E-state index in [1.165, 1.54) is 4.90 Å². The van der Waals surface area contributed by atoms with Gasteiger partial charge < -0.3 is 26.9 Å². The van der Waals surface area contributed by atoms with Crippen LogP contribution in [-0.2, 0) is 4.79 Å². The van der Waals surface area contributed by atoms with Crippen molar-refractivity contribution in [2.45, 2.75) is 12.8 Å². The molecule has 2 heterocycles. The molecule has 0 unspecified atom stereocenters. The molecule has 2 aliphatic heterocycles. The second-order valence-electron chi connectivity index (χ2n) is 8.61. The van der Waals surface area contributed by atoms with Crippen LogP contribution >= 0.6 is 0 Å². The monoisotopic (exact) mass is 492 g/mol. The van der Waals surface area contributed by atoms with E-state index in [0.717, 1.165) is 35.3 Å². The van der Waals surface area contributed by atoms with Gasteiger partial charge in [-0.2, -0.15) is 0 Å². The molecule has 3 amide bonds. The largest absolute Gasteiger partial charge is 1.00 e. The van der Waals surface area contributed by atoms with Crippen LogP contribution in [0.4, 0.5) is 5.69 Å². The van der Waals surface area contributed by atoms with E-state index in [2.05, 4.69) is 4.90 Å². The molecule has 8 heteroatoms. The molecule has 1 fully saturated rings. The van der Waals surface area contributed by atoms with Crippen molar-refractivity contribution in [1.82, 2.24) is 9.80 Å². The number of hydrogen-bond donors (Lipinski definition) is 0. The quantitative estimate of drug-likeness (QED) is 0.471. The summed E-state index contributed by atoms with van der Waals surface area (Å²) in [5.41, 5.74) is 2.13. The van der Waals surface area contributed by atoms with Crippen molar-refractivity contribution in [2.24, 2.45) is 0 Å². The maximum absolute atomic E-state index is 13.0. The zero-order valence-electron chi connectivity index (χ0n) is 19.6. The van der Waals surface area contributed by atoms with Crippen LogP contribution in [-0.4, -0.2) is 67.4 Å². The number of anilines is 1. The number of halogens is 1. The number of ether oxygens (including phenoxy) is 1. The first-order valence-electron chi connectivity index (χ1n) is 11.6. The van der Waals surface area contributed by atoms with Gasteiger partial charge in [-0.25, -0.2) is 0 Å². The molecular weight excluding hydrogens is 466 g/mol. The number of para-hydroxylation sites is 2. The maximum Gasteiger partial charge on any atom is 0.261 e. The number of methoxy groups -OCH3 is 1. The maximum atomic E-state index is 13.0. The lowest BCUT2D eigenvalue weighted by molar-refractivity contribution is -0.131. The number of amides is 3. The fourth-order valence-corrected chi connectivity index (χ4v) is 4.92. The molecule has 0 saturated carbocycles. The predicted molar refractivity (Wildman–Crippen MR) is 130 cm³/mol. The van der Waals surface area contributed by atoms with Crippen molar-refractivity contribution in [3.8, 4) is 5.75 Å². The van der Waals surface area contributed by atoms with Crippen molar-refractivity contribution < 1.29 is 31.5 Å². The standard InChI is InChI=1S/C27H27N3O4.ClH/c1-34-23-12-3-2-11-22(23)28-15-17-29(18-16-28)24(31)13-6-14-30-26(32)20-9-4-7-19-8-5-10-21(25(19)20)27(30)33;/h2-5,7-12H,6,13-18H2,1H3;1H/p-1. The minimum Gasteiger partial charge on any atom is -1.00 e. The van der Waals surface area contributed by atoms with Gasteiger partial charge in [0.1, 0.15) is 5.75 Å². The van der Waals surface area contributed by atoms with E-state index in [9.17, 15) is 14.4 Å². The number of benzene rings is 3. The molecule has 182 valence electrons. The van der Waals surface area contributed by atoms with Gasteiger partial charge in [-0.15, -0.1) is 0 Å². The van der Waals surface area contributed by atoms with Crippen LogP contribution in [0.15, 0.2) is 60.7 Å². The topological polar surface area (TPSA) is 70.2 Å². The Morgan fingerprint density at radius 1 is 0.857 bits per heavy atom. The molecule has 3 aromatic carbocycles. The second-order valence-corrected chi connectivity index (χ2v) is 8.61. The second kappa shape index (κ2) is 10.4. The number of carbonyl (C=O) groups excluding carboxylic acids is 3. The summed E-state index contributed by atoms with van der Waals surface area (Å²) in [6, 6.07) is 18.9. The molecule has 7 nitrogen and oxygen atoms in total. The Hall–Kier alpha value is -3.58. The van der Waals surface area contributed by atoms with Gasteiger partial charge in [0.2, 0.25) is 5.91 Å². The smallest absolute Gasteiger partial charge is 0.261 e. The highest BCUT2D eigenvalue weighted by molar-refractivity contribution is 6.25. The molecule has 0 aliphatic carbocycles. The number of carbonyl (C=O) groups is 3. The van der Waals surface area contributed by atoms with Gasteiger partial charge in [0.25, 0.3) is 11.8 Å². The first-order valence-corrected chi connectivity index (χ1v) is 11.6. The minimum atomic E-state index is -0.285. The molecule has 0 spiro atoms. The average Bonchev–Trinajstić information content (AvgIpc) is 2.89. The molecule has 5 rings (SSSR count). The summed E-state index contributed by atoms with van der Waals surface area (Å²) in [5.74, 6) is 0.314. The Labute approximate surface area is 210 Å². The Morgan fingerprint density at radius 3 is 2.11 bits per heavy atom. The molecule has 0 aromatic heterocycles. The van der Waals surface area contributed by atoms with Crippen LogP contribution in [0.1, 0.15) is 33.6 Å². The molecule has 3 aromatic rings. The highest BCUT2D eigenvalue weighted by Crippen LogP contribution is 2.30. The minimum absolute atomic E-state index is 0. The van der Waals surface area contributed by atoms with E-state index < -0.39 is 0 Å². The summed E-state index contributed by atoms with van der Waals surface area (Å²) in [5, 5.41) is 1.61.